The molecule has 0 saturated carbocycles. The molecule has 5 heteroatoms. The number of nitrogens with zero attached hydrogens (tertiary/aromatic N) is 3. The van der Waals surface area contributed by atoms with E-state index in [-0.39, 0.29) is 17.4 Å². The largest absolute Gasteiger partial charge is 0.493 e. The Balaban J connectivity index is 1.89. The van der Waals surface area contributed by atoms with Crippen LogP contribution in [0.2, 0.25) is 0 Å². The molecule has 2 aliphatic rings. The van der Waals surface area contributed by atoms with Crippen LogP contribution >= 0.6 is 0 Å². The first-order valence-corrected chi connectivity index (χ1v) is 8.25. The Kier molecular flexibility index (Phi) is 3.27. The van der Waals surface area contributed by atoms with E-state index in [1.165, 1.54) is 11.1 Å². The van der Waals surface area contributed by atoms with Crippen LogP contribution in [0.5, 0.6) is 11.9 Å². The number of hydrogen-bond acceptors (Lipinski definition) is 5. The Labute approximate surface area is 135 Å². The van der Waals surface area contributed by atoms with Crippen molar-refractivity contribution in [2.75, 3.05) is 6.54 Å². The molecule has 4 rings (SSSR count). The summed E-state index contributed by atoms with van der Waals surface area (Å²) in [7, 11) is 0. The lowest BCUT2D eigenvalue weighted by atomic mass is 9.70. The summed E-state index contributed by atoms with van der Waals surface area (Å²) >= 11 is 0. The number of aromatic nitrogens is 2. The van der Waals surface area contributed by atoms with Gasteiger partial charge in [0, 0.05) is 13.0 Å². The molecule has 0 bridgehead atoms. The van der Waals surface area contributed by atoms with Crippen LogP contribution in [-0.2, 0) is 24.9 Å². The molecule has 0 unspecified atom stereocenters. The third kappa shape index (κ3) is 2.10. The number of hydrogen-bond donors (Lipinski definition) is 2. The van der Waals surface area contributed by atoms with Gasteiger partial charge in [0.15, 0.2) is 0 Å². The summed E-state index contributed by atoms with van der Waals surface area (Å²) in [6, 6.07) is 8.30. The van der Waals surface area contributed by atoms with E-state index in [4.69, 9.17) is 0 Å². The SMILES string of the molecule is CCN1Cc2c(O)nc(O)nc2C[C@]12CCCc1ccccc12. The van der Waals surface area contributed by atoms with Crippen molar-refractivity contribution in [3.05, 3.63) is 46.6 Å². The number of aryl methyl sites for hydroxylation is 1. The highest BCUT2D eigenvalue weighted by molar-refractivity contribution is 5.42. The van der Waals surface area contributed by atoms with E-state index in [2.05, 4.69) is 46.1 Å². The minimum Gasteiger partial charge on any atom is -0.493 e. The Morgan fingerprint density at radius 3 is 2.87 bits per heavy atom. The van der Waals surface area contributed by atoms with Crippen molar-refractivity contribution < 1.29 is 10.2 Å². The highest BCUT2D eigenvalue weighted by Crippen LogP contribution is 2.47. The van der Waals surface area contributed by atoms with E-state index in [1.807, 2.05) is 0 Å². The minimum atomic E-state index is -0.342. The number of rotatable bonds is 1. The molecule has 1 aromatic heterocycles. The van der Waals surface area contributed by atoms with Gasteiger partial charge in [0.25, 0.3) is 0 Å². The fourth-order valence-electron chi connectivity index (χ4n) is 4.37. The Morgan fingerprint density at radius 2 is 2.04 bits per heavy atom. The molecular formula is C18H21N3O2. The standard InChI is InChI=1S/C18H21N3O2/c1-2-21-11-13-15(19-17(23)20-16(13)22)10-18(21)9-5-7-12-6-3-4-8-14(12)18/h3-4,6,8H,2,5,7,9-11H2,1H3,(H2,19,20,22,23)/t18-/m0/s1. The van der Waals surface area contributed by atoms with Crippen molar-refractivity contribution in [2.24, 2.45) is 0 Å². The van der Waals surface area contributed by atoms with Gasteiger partial charge in [-0.1, -0.05) is 31.2 Å². The van der Waals surface area contributed by atoms with Gasteiger partial charge in [0.2, 0.25) is 5.88 Å². The summed E-state index contributed by atoms with van der Waals surface area (Å²) < 4.78 is 0. The smallest absolute Gasteiger partial charge is 0.317 e. The van der Waals surface area contributed by atoms with Gasteiger partial charge >= 0.3 is 6.01 Å². The van der Waals surface area contributed by atoms with Crippen molar-refractivity contribution in [1.82, 2.24) is 14.9 Å². The Bertz CT molecular complexity index is 762. The average Bonchev–Trinajstić information content (AvgIpc) is 2.54. The van der Waals surface area contributed by atoms with Gasteiger partial charge in [0.05, 0.1) is 16.8 Å². The lowest BCUT2D eigenvalue weighted by Gasteiger charge is -2.50. The van der Waals surface area contributed by atoms with Gasteiger partial charge < -0.3 is 10.2 Å². The molecule has 5 nitrogen and oxygen atoms in total. The molecule has 23 heavy (non-hydrogen) atoms. The molecule has 2 heterocycles. The molecule has 2 N–H and O–H groups in total. The third-order valence-corrected chi connectivity index (χ3v) is 5.41. The number of aromatic hydroxyl groups is 2. The van der Waals surface area contributed by atoms with Crippen LogP contribution in [0.4, 0.5) is 0 Å². The summed E-state index contributed by atoms with van der Waals surface area (Å²) in [4.78, 5) is 10.4. The van der Waals surface area contributed by atoms with Gasteiger partial charge in [0.1, 0.15) is 0 Å². The molecule has 1 aromatic carbocycles. The molecule has 0 radical (unpaired) electrons. The van der Waals surface area contributed by atoms with E-state index < -0.39 is 0 Å². The van der Waals surface area contributed by atoms with E-state index in [0.29, 0.717) is 13.0 Å². The molecule has 2 aromatic rings. The van der Waals surface area contributed by atoms with Crippen LogP contribution < -0.4 is 0 Å². The molecule has 1 atom stereocenters. The van der Waals surface area contributed by atoms with Gasteiger partial charge in [-0.15, -0.1) is 0 Å². The van der Waals surface area contributed by atoms with E-state index in [0.717, 1.165) is 37.1 Å². The van der Waals surface area contributed by atoms with Crippen molar-refractivity contribution in [3.63, 3.8) is 0 Å². The summed E-state index contributed by atoms with van der Waals surface area (Å²) in [5.74, 6) is -0.0927. The quantitative estimate of drug-likeness (QED) is 0.847. The second-order valence-corrected chi connectivity index (χ2v) is 6.51. The first-order chi connectivity index (χ1) is 11.1. The zero-order chi connectivity index (χ0) is 16.0. The van der Waals surface area contributed by atoms with Gasteiger partial charge in [-0.05, 0) is 36.9 Å². The molecule has 0 fully saturated rings. The predicted octanol–water partition coefficient (Wildman–Crippen LogP) is 2.50. The zero-order valence-electron chi connectivity index (χ0n) is 13.3. The maximum atomic E-state index is 10.1. The lowest BCUT2D eigenvalue weighted by Crippen LogP contribution is -2.52. The van der Waals surface area contributed by atoms with Crippen molar-refractivity contribution in [3.8, 4) is 11.9 Å². The van der Waals surface area contributed by atoms with Crippen molar-refractivity contribution >= 4 is 0 Å². The minimum absolute atomic E-state index is 0.0927. The molecule has 1 spiro atoms. The third-order valence-electron chi connectivity index (χ3n) is 5.41. The molecule has 0 amide bonds. The molecule has 1 aliphatic heterocycles. The van der Waals surface area contributed by atoms with Gasteiger partial charge in [-0.25, -0.2) is 0 Å². The predicted molar refractivity (Wildman–Crippen MR) is 86.2 cm³/mol. The monoisotopic (exact) mass is 311 g/mol. The van der Waals surface area contributed by atoms with Crippen LogP contribution in [0, 0.1) is 0 Å². The van der Waals surface area contributed by atoms with Crippen LogP contribution in [0.1, 0.15) is 42.1 Å². The second-order valence-electron chi connectivity index (χ2n) is 6.51. The Morgan fingerprint density at radius 1 is 1.22 bits per heavy atom. The maximum Gasteiger partial charge on any atom is 0.317 e. The average molecular weight is 311 g/mol. The fraction of sp³-hybridized carbons (Fsp3) is 0.444. The number of fused-ring (bicyclic) bond motifs is 3. The van der Waals surface area contributed by atoms with Crippen LogP contribution in [0.15, 0.2) is 24.3 Å². The first-order valence-electron chi connectivity index (χ1n) is 8.25. The van der Waals surface area contributed by atoms with E-state index in [1.54, 1.807) is 0 Å². The molecule has 0 saturated heterocycles. The normalized spacial score (nSPS) is 23.5. The molecule has 1 aliphatic carbocycles. The highest BCUT2D eigenvalue weighted by atomic mass is 16.3. The summed E-state index contributed by atoms with van der Waals surface area (Å²) in [6.45, 7) is 3.67. The summed E-state index contributed by atoms with van der Waals surface area (Å²) in [5.41, 5.74) is 4.21. The van der Waals surface area contributed by atoms with Gasteiger partial charge in [-0.3, -0.25) is 4.90 Å². The number of benzene rings is 1. The lowest BCUT2D eigenvalue weighted by molar-refractivity contribution is 0.0483. The molecular weight excluding hydrogens is 290 g/mol. The summed E-state index contributed by atoms with van der Waals surface area (Å²) in [5, 5.41) is 19.8. The number of likely N-dealkylation sites (N-methyl/N-ethyl adjacent to an activating group) is 1. The highest BCUT2D eigenvalue weighted by Gasteiger charge is 2.45. The van der Waals surface area contributed by atoms with Crippen molar-refractivity contribution in [2.45, 2.75) is 44.7 Å². The zero-order valence-corrected chi connectivity index (χ0v) is 13.3. The van der Waals surface area contributed by atoms with Crippen molar-refractivity contribution in [1.29, 1.82) is 0 Å². The second kappa shape index (κ2) is 5.20. The summed E-state index contributed by atoms with van der Waals surface area (Å²) in [6.07, 6.45) is 4.04. The van der Waals surface area contributed by atoms with Crippen LogP contribution in [0.25, 0.3) is 0 Å². The maximum absolute atomic E-state index is 10.1. The topological polar surface area (TPSA) is 69.5 Å². The fourth-order valence-corrected chi connectivity index (χ4v) is 4.37. The van der Waals surface area contributed by atoms with E-state index >= 15 is 0 Å². The van der Waals surface area contributed by atoms with Crippen LogP contribution in [-0.4, -0.2) is 31.6 Å². The van der Waals surface area contributed by atoms with Gasteiger partial charge in [-0.2, -0.15) is 9.97 Å². The Hall–Kier alpha value is -2.14. The van der Waals surface area contributed by atoms with E-state index in [9.17, 15) is 10.2 Å². The molecule has 120 valence electrons. The van der Waals surface area contributed by atoms with Crippen LogP contribution in [0.3, 0.4) is 0 Å². The first kappa shape index (κ1) is 14.5.